The second-order valence-corrected chi connectivity index (χ2v) is 6.97. The third-order valence-electron chi connectivity index (χ3n) is 3.49. The number of nitrogens with one attached hydrogen (secondary N) is 3. The Hall–Kier alpha value is -1.11. The fourth-order valence-corrected chi connectivity index (χ4v) is 3.54. The van der Waals surface area contributed by atoms with Crippen LogP contribution in [0.5, 0.6) is 0 Å². The summed E-state index contributed by atoms with van der Waals surface area (Å²) in [5.41, 5.74) is 0.971. The quantitative estimate of drug-likeness (QED) is 0.750. The van der Waals surface area contributed by atoms with Gasteiger partial charge < -0.3 is 10.6 Å². The lowest BCUT2D eigenvalue weighted by atomic mass is 10.2. The van der Waals surface area contributed by atoms with Crippen molar-refractivity contribution in [2.75, 3.05) is 18.4 Å². The van der Waals surface area contributed by atoms with Crippen molar-refractivity contribution >= 4 is 15.7 Å². The summed E-state index contributed by atoms with van der Waals surface area (Å²) in [6, 6.07) is 7.57. The van der Waals surface area contributed by atoms with Crippen molar-refractivity contribution < 1.29 is 8.42 Å². The van der Waals surface area contributed by atoms with Gasteiger partial charge in [-0.3, -0.25) is 0 Å². The number of rotatable bonds is 5. The molecular weight excluding hydrogens is 262 g/mol. The molecular formula is C13H19N3O2S. The molecule has 19 heavy (non-hydrogen) atoms. The maximum Gasteiger partial charge on any atom is 0.240 e. The van der Waals surface area contributed by atoms with E-state index in [2.05, 4.69) is 15.4 Å². The van der Waals surface area contributed by atoms with Crippen LogP contribution in [0.15, 0.2) is 29.2 Å². The zero-order valence-electron chi connectivity index (χ0n) is 10.7. The van der Waals surface area contributed by atoms with Crippen LogP contribution >= 0.6 is 0 Å². The van der Waals surface area contributed by atoms with Gasteiger partial charge in [-0.15, -0.1) is 0 Å². The summed E-state index contributed by atoms with van der Waals surface area (Å²) in [4.78, 5) is 0.342. The molecule has 2 aliphatic rings. The number of hydrogen-bond acceptors (Lipinski definition) is 4. The average molecular weight is 281 g/mol. The summed E-state index contributed by atoms with van der Waals surface area (Å²) in [6.45, 7) is 2.00. The van der Waals surface area contributed by atoms with Crippen molar-refractivity contribution in [3.8, 4) is 0 Å². The van der Waals surface area contributed by atoms with Crippen LogP contribution in [-0.2, 0) is 10.0 Å². The van der Waals surface area contributed by atoms with E-state index in [-0.39, 0.29) is 6.04 Å². The van der Waals surface area contributed by atoms with Gasteiger partial charge in [-0.2, -0.15) is 0 Å². The van der Waals surface area contributed by atoms with Gasteiger partial charge in [-0.25, -0.2) is 13.1 Å². The summed E-state index contributed by atoms with van der Waals surface area (Å²) in [6.07, 6.45) is 3.00. The van der Waals surface area contributed by atoms with E-state index in [0.29, 0.717) is 10.9 Å². The average Bonchev–Trinajstić information content (AvgIpc) is 3.03. The van der Waals surface area contributed by atoms with Gasteiger partial charge in [0.15, 0.2) is 0 Å². The fourth-order valence-electron chi connectivity index (χ4n) is 2.23. The summed E-state index contributed by atoms with van der Waals surface area (Å²) >= 11 is 0. The van der Waals surface area contributed by atoms with Crippen LogP contribution in [0.1, 0.15) is 19.3 Å². The molecule has 6 heteroatoms. The summed E-state index contributed by atoms with van der Waals surface area (Å²) in [5.74, 6) is 0. The number of benzene rings is 1. The van der Waals surface area contributed by atoms with Crippen LogP contribution in [-0.4, -0.2) is 33.6 Å². The first-order chi connectivity index (χ1) is 9.13. The molecule has 1 heterocycles. The molecule has 1 aliphatic heterocycles. The van der Waals surface area contributed by atoms with Crippen molar-refractivity contribution in [2.24, 2.45) is 0 Å². The first kappa shape index (κ1) is 12.9. The molecule has 104 valence electrons. The second kappa shape index (κ2) is 5.11. The lowest BCUT2D eigenvalue weighted by molar-refractivity contribution is 0.581. The third kappa shape index (κ3) is 3.26. The first-order valence-electron chi connectivity index (χ1n) is 6.73. The van der Waals surface area contributed by atoms with Gasteiger partial charge in [0.25, 0.3) is 0 Å². The molecule has 0 amide bonds. The van der Waals surface area contributed by atoms with E-state index < -0.39 is 10.0 Å². The molecule has 0 aromatic heterocycles. The molecule has 3 rings (SSSR count). The summed E-state index contributed by atoms with van der Waals surface area (Å²) in [5, 5.41) is 6.68. The zero-order chi connectivity index (χ0) is 13.3. The van der Waals surface area contributed by atoms with E-state index in [1.807, 2.05) is 12.1 Å². The molecule has 1 aliphatic carbocycles. The molecule has 1 saturated heterocycles. The van der Waals surface area contributed by atoms with E-state index in [0.717, 1.165) is 38.0 Å². The smallest absolute Gasteiger partial charge is 0.240 e. The van der Waals surface area contributed by atoms with Crippen molar-refractivity contribution in [2.45, 2.75) is 36.2 Å². The predicted molar refractivity (Wildman–Crippen MR) is 74.7 cm³/mol. The highest BCUT2D eigenvalue weighted by Crippen LogP contribution is 2.23. The highest BCUT2D eigenvalue weighted by Gasteiger charge is 2.27. The van der Waals surface area contributed by atoms with Crippen molar-refractivity contribution in [3.05, 3.63) is 24.3 Å². The maximum absolute atomic E-state index is 12.0. The van der Waals surface area contributed by atoms with Crippen molar-refractivity contribution in [3.63, 3.8) is 0 Å². The number of anilines is 1. The molecule has 5 nitrogen and oxygen atoms in total. The molecule has 1 aromatic carbocycles. The Bertz CT molecular complexity index is 532. The number of sulfonamides is 1. The minimum Gasteiger partial charge on any atom is -0.381 e. The van der Waals surface area contributed by atoms with Crippen LogP contribution in [0.25, 0.3) is 0 Å². The van der Waals surface area contributed by atoms with E-state index in [1.54, 1.807) is 12.1 Å². The minimum absolute atomic E-state index is 0.146. The van der Waals surface area contributed by atoms with Crippen molar-refractivity contribution in [1.82, 2.24) is 10.0 Å². The van der Waals surface area contributed by atoms with Gasteiger partial charge in [0.1, 0.15) is 0 Å². The maximum atomic E-state index is 12.0. The molecule has 0 bridgehead atoms. The van der Waals surface area contributed by atoms with Crippen LogP contribution in [0.4, 0.5) is 5.69 Å². The topological polar surface area (TPSA) is 70.2 Å². The molecule has 1 unspecified atom stereocenters. The normalized spacial score (nSPS) is 23.5. The molecule has 0 radical (unpaired) electrons. The van der Waals surface area contributed by atoms with E-state index in [9.17, 15) is 8.42 Å². The van der Waals surface area contributed by atoms with Crippen LogP contribution in [0.2, 0.25) is 0 Å². The lowest BCUT2D eigenvalue weighted by Crippen LogP contribution is -2.25. The highest BCUT2D eigenvalue weighted by molar-refractivity contribution is 7.89. The van der Waals surface area contributed by atoms with Gasteiger partial charge >= 0.3 is 0 Å². The SMILES string of the molecule is O=S(=O)(NC1CC1)c1ccc(NC2CCNC2)cc1. The molecule has 1 atom stereocenters. The van der Waals surface area contributed by atoms with Gasteiger partial charge in [-0.05, 0) is 50.1 Å². The minimum atomic E-state index is -3.33. The zero-order valence-corrected chi connectivity index (χ0v) is 11.5. The lowest BCUT2D eigenvalue weighted by Gasteiger charge is -2.13. The first-order valence-corrected chi connectivity index (χ1v) is 8.21. The van der Waals surface area contributed by atoms with Crippen LogP contribution < -0.4 is 15.4 Å². The Morgan fingerprint density at radius 2 is 1.79 bits per heavy atom. The fraction of sp³-hybridized carbons (Fsp3) is 0.538. The van der Waals surface area contributed by atoms with Crippen LogP contribution in [0.3, 0.4) is 0 Å². The van der Waals surface area contributed by atoms with Gasteiger partial charge in [-0.1, -0.05) is 0 Å². The largest absolute Gasteiger partial charge is 0.381 e. The Kier molecular flexibility index (Phi) is 3.47. The molecule has 3 N–H and O–H groups in total. The van der Waals surface area contributed by atoms with E-state index >= 15 is 0 Å². The molecule has 1 saturated carbocycles. The van der Waals surface area contributed by atoms with E-state index in [1.165, 1.54) is 0 Å². The van der Waals surface area contributed by atoms with Gasteiger partial charge in [0.05, 0.1) is 4.90 Å². The molecule has 1 aromatic rings. The molecule has 2 fully saturated rings. The Balaban J connectivity index is 1.67. The third-order valence-corrected chi connectivity index (χ3v) is 5.03. The highest BCUT2D eigenvalue weighted by atomic mass is 32.2. The van der Waals surface area contributed by atoms with Crippen molar-refractivity contribution in [1.29, 1.82) is 0 Å². The van der Waals surface area contributed by atoms with E-state index in [4.69, 9.17) is 0 Å². The Morgan fingerprint density at radius 3 is 2.37 bits per heavy atom. The standard InChI is InChI=1S/C13H19N3O2S/c17-19(18,16-11-1-2-11)13-5-3-10(4-6-13)15-12-7-8-14-9-12/h3-6,11-12,14-16H,1-2,7-9H2. The molecule has 0 spiro atoms. The van der Waals surface area contributed by atoms with Crippen LogP contribution in [0, 0.1) is 0 Å². The summed E-state index contributed by atoms with van der Waals surface area (Å²) in [7, 11) is -3.33. The Morgan fingerprint density at radius 1 is 1.05 bits per heavy atom. The van der Waals surface area contributed by atoms with Gasteiger partial charge in [0.2, 0.25) is 10.0 Å². The number of hydrogen-bond donors (Lipinski definition) is 3. The van der Waals surface area contributed by atoms with Gasteiger partial charge in [0, 0.05) is 24.3 Å². The Labute approximate surface area is 113 Å². The predicted octanol–water partition coefficient (Wildman–Crippen LogP) is 0.901. The summed E-state index contributed by atoms with van der Waals surface area (Å²) < 4.78 is 26.7. The monoisotopic (exact) mass is 281 g/mol. The second-order valence-electron chi connectivity index (χ2n) is 5.25.